The Kier molecular flexibility index (Phi) is 7.49. The topological polar surface area (TPSA) is 101 Å². The third kappa shape index (κ3) is 5.27. The van der Waals surface area contributed by atoms with Crippen molar-refractivity contribution in [2.24, 2.45) is 0 Å². The highest BCUT2D eigenvalue weighted by atomic mass is 32.2. The number of ether oxygens (including phenoxy) is 1. The van der Waals surface area contributed by atoms with Crippen LogP contribution < -0.4 is 5.32 Å². The Morgan fingerprint density at radius 2 is 2.03 bits per heavy atom. The van der Waals surface area contributed by atoms with Gasteiger partial charge in [0.2, 0.25) is 15.2 Å². The quantitative estimate of drug-likeness (QED) is 0.603. The smallest absolute Gasteiger partial charge is 0.339 e. The zero-order valence-corrected chi connectivity index (χ0v) is 18.8. The maximum absolute atomic E-state index is 13.0. The van der Waals surface area contributed by atoms with Crippen LogP contribution in [0.5, 0.6) is 0 Å². The minimum absolute atomic E-state index is 0.103. The number of nitrogens with one attached hydrogen (secondary N) is 1. The van der Waals surface area contributed by atoms with Gasteiger partial charge in [0.25, 0.3) is 0 Å². The third-order valence-electron chi connectivity index (χ3n) is 4.44. The molecule has 1 saturated heterocycles. The summed E-state index contributed by atoms with van der Waals surface area (Å²) in [5.41, 5.74) is 0.203. The van der Waals surface area contributed by atoms with Crippen molar-refractivity contribution in [3.8, 4) is 0 Å². The van der Waals surface area contributed by atoms with Gasteiger partial charge >= 0.3 is 5.97 Å². The zero-order valence-electron chi connectivity index (χ0n) is 16.4. The zero-order chi connectivity index (χ0) is 20.9. The van der Waals surface area contributed by atoms with Gasteiger partial charge in [-0.3, -0.25) is 0 Å². The molecule has 1 N–H and O–H groups in total. The molecule has 1 aliphatic rings. The minimum Gasteiger partial charge on any atom is -0.465 e. The molecule has 158 valence electrons. The number of hydrogen-bond acceptors (Lipinski definition) is 9. The summed E-state index contributed by atoms with van der Waals surface area (Å²) in [4.78, 5) is 13.0. The van der Waals surface area contributed by atoms with Crippen LogP contribution in [0.15, 0.2) is 32.3 Å². The molecular formula is C18H24N4O4S3. The summed E-state index contributed by atoms with van der Waals surface area (Å²) >= 11 is 2.64. The number of anilines is 1. The summed E-state index contributed by atoms with van der Waals surface area (Å²) in [6.45, 7) is 3.87. The third-order valence-corrected chi connectivity index (χ3v) is 8.34. The molecule has 29 heavy (non-hydrogen) atoms. The maximum atomic E-state index is 13.0. The molecule has 1 fully saturated rings. The van der Waals surface area contributed by atoms with E-state index in [-0.39, 0.29) is 10.5 Å². The molecule has 1 aromatic heterocycles. The van der Waals surface area contributed by atoms with E-state index in [0.717, 1.165) is 32.2 Å². The standard InChI is InChI=1S/C18H24N4O4S3/c1-3-9-19-17-20-21-18(28-17)27-15-8-7-13(12-14(15)16(23)26-2)29(24,25)22-10-5-4-6-11-22/h7-8,12H,3-6,9-11H2,1-2H3,(H,19,20). The lowest BCUT2D eigenvalue weighted by Gasteiger charge is -2.26. The fraction of sp³-hybridized carbons (Fsp3) is 0.500. The van der Waals surface area contributed by atoms with Crippen molar-refractivity contribution in [1.82, 2.24) is 14.5 Å². The molecule has 0 aliphatic carbocycles. The van der Waals surface area contributed by atoms with Gasteiger partial charge in [-0.2, -0.15) is 4.31 Å². The number of rotatable bonds is 8. The molecule has 0 amide bonds. The fourth-order valence-corrected chi connectivity index (χ4v) is 6.31. The van der Waals surface area contributed by atoms with Crippen LogP contribution in [0.4, 0.5) is 5.13 Å². The highest BCUT2D eigenvalue weighted by Gasteiger charge is 2.28. The number of piperidine rings is 1. The molecule has 0 spiro atoms. The van der Waals surface area contributed by atoms with Crippen molar-refractivity contribution in [3.05, 3.63) is 23.8 Å². The van der Waals surface area contributed by atoms with E-state index in [1.807, 2.05) is 0 Å². The van der Waals surface area contributed by atoms with Gasteiger partial charge in [0.05, 0.1) is 17.6 Å². The first-order chi connectivity index (χ1) is 14.0. The Morgan fingerprint density at radius 3 is 2.72 bits per heavy atom. The largest absolute Gasteiger partial charge is 0.465 e. The van der Waals surface area contributed by atoms with E-state index in [9.17, 15) is 13.2 Å². The van der Waals surface area contributed by atoms with Crippen LogP contribution in [-0.4, -0.2) is 55.6 Å². The van der Waals surface area contributed by atoms with Crippen LogP contribution in [0.1, 0.15) is 43.0 Å². The average molecular weight is 457 g/mol. The lowest BCUT2D eigenvalue weighted by Crippen LogP contribution is -2.35. The van der Waals surface area contributed by atoms with E-state index in [1.165, 1.54) is 46.6 Å². The summed E-state index contributed by atoms with van der Waals surface area (Å²) in [6.07, 6.45) is 3.71. The lowest BCUT2D eigenvalue weighted by molar-refractivity contribution is 0.0596. The second kappa shape index (κ2) is 9.88. The Hall–Kier alpha value is -1.69. The minimum atomic E-state index is -3.64. The SMILES string of the molecule is CCCNc1nnc(Sc2ccc(S(=O)(=O)N3CCCCC3)cc2C(=O)OC)s1. The molecule has 0 atom stereocenters. The summed E-state index contributed by atoms with van der Waals surface area (Å²) in [6, 6.07) is 4.57. The van der Waals surface area contributed by atoms with Gasteiger partial charge in [-0.15, -0.1) is 10.2 Å². The van der Waals surface area contributed by atoms with Crippen LogP contribution >= 0.6 is 23.1 Å². The summed E-state index contributed by atoms with van der Waals surface area (Å²) in [7, 11) is -2.36. The molecule has 3 rings (SSSR count). The highest BCUT2D eigenvalue weighted by molar-refractivity contribution is 8.01. The van der Waals surface area contributed by atoms with E-state index in [1.54, 1.807) is 6.07 Å². The van der Waals surface area contributed by atoms with Gasteiger partial charge in [-0.25, -0.2) is 13.2 Å². The fourth-order valence-electron chi connectivity index (χ4n) is 2.93. The number of benzene rings is 1. The van der Waals surface area contributed by atoms with Crippen LogP contribution in [0, 0.1) is 0 Å². The molecule has 8 nitrogen and oxygen atoms in total. The Morgan fingerprint density at radius 1 is 1.28 bits per heavy atom. The average Bonchev–Trinajstić information content (AvgIpc) is 3.19. The Labute approximate surface area is 179 Å². The second-order valence-electron chi connectivity index (χ2n) is 6.52. The normalized spacial score (nSPS) is 15.2. The predicted molar refractivity (Wildman–Crippen MR) is 113 cm³/mol. The molecule has 2 heterocycles. The van der Waals surface area contributed by atoms with Crippen molar-refractivity contribution in [3.63, 3.8) is 0 Å². The number of aromatic nitrogens is 2. The first kappa shape index (κ1) is 22.0. The number of nitrogens with zero attached hydrogens (tertiary/aromatic N) is 3. The summed E-state index contributed by atoms with van der Waals surface area (Å²) in [5.74, 6) is -0.586. The molecule has 2 aromatic rings. The molecule has 11 heteroatoms. The predicted octanol–water partition coefficient (Wildman–Crippen LogP) is 3.47. The van der Waals surface area contributed by atoms with Crippen LogP contribution in [-0.2, 0) is 14.8 Å². The second-order valence-corrected chi connectivity index (χ2v) is 10.7. The molecule has 0 unspecified atom stereocenters. The summed E-state index contributed by atoms with van der Waals surface area (Å²) in [5, 5.41) is 12.1. The van der Waals surface area contributed by atoms with Gasteiger partial charge in [0.15, 0.2) is 4.34 Å². The van der Waals surface area contributed by atoms with Crippen molar-refractivity contribution < 1.29 is 17.9 Å². The van der Waals surface area contributed by atoms with Crippen LogP contribution in [0.3, 0.4) is 0 Å². The van der Waals surface area contributed by atoms with E-state index in [2.05, 4.69) is 22.4 Å². The van der Waals surface area contributed by atoms with Crippen molar-refractivity contribution in [2.75, 3.05) is 32.1 Å². The van der Waals surface area contributed by atoms with Crippen molar-refractivity contribution >= 4 is 44.2 Å². The van der Waals surface area contributed by atoms with E-state index in [4.69, 9.17) is 4.74 Å². The van der Waals surface area contributed by atoms with Gasteiger partial charge in [-0.1, -0.05) is 36.4 Å². The van der Waals surface area contributed by atoms with Gasteiger partial charge < -0.3 is 10.1 Å². The van der Waals surface area contributed by atoms with E-state index in [0.29, 0.717) is 27.5 Å². The number of esters is 1. The Bertz CT molecular complexity index is 956. The molecule has 0 saturated carbocycles. The number of methoxy groups -OCH3 is 1. The first-order valence-corrected chi connectivity index (χ1v) is 12.5. The molecule has 0 bridgehead atoms. The lowest BCUT2D eigenvalue weighted by atomic mass is 10.2. The van der Waals surface area contributed by atoms with Gasteiger partial charge in [0.1, 0.15) is 0 Å². The van der Waals surface area contributed by atoms with Gasteiger partial charge in [-0.05, 0) is 37.5 Å². The maximum Gasteiger partial charge on any atom is 0.339 e. The van der Waals surface area contributed by atoms with E-state index >= 15 is 0 Å². The van der Waals surface area contributed by atoms with Crippen molar-refractivity contribution in [1.29, 1.82) is 0 Å². The highest BCUT2D eigenvalue weighted by Crippen LogP contribution is 2.35. The summed E-state index contributed by atoms with van der Waals surface area (Å²) < 4.78 is 32.9. The van der Waals surface area contributed by atoms with Crippen LogP contribution in [0.2, 0.25) is 0 Å². The van der Waals surface area contributed by atoms with Gasteiger partial charge in [0, 0.05) is 24.5 Å². The Balaban J connectivity index is 1.88. The first-order valence-electron chi connectivity index (χ1n) is 9.43. The molecule has 0 radical (unpaired) electrons. The van der Waals surface area contributed by atoms with Crippen LogP contribution in [0.25, 0.3) is 0 Å². The van der Waals surface area contributed by atoms with Crippen molar-refractivity contribution in [2.45, 2.75) is 46.7 Å². The molecule has 1 aromatic carbocycles. The molecular weight excluding hydrogens is 432 g/mol. The number of sulfonamides is 1. The molecule has 1 aliphatic heterocycles. The number of hydrogen-bond donors (Lipinski definition) is 1. The number of carbonyl (C=O) groups excluding carboxylic acids is 1. The monoisotopic (exact) mass is 456 g/mol. The number of carbonyl (C=O) groups is 1. The van der Waals surface area contributed by atoms with E-state index < -0.39 is 16.0 Å².